The molecule has 1 aromatic rings. The predicted molar refractivity (Wildman–Crippen MR) is 72.4 cm³/mol. The molecule has 0 aliphatic heterocycles. The lowest BCUT2D eigenvalue weighted by atomic mass is 10.1. The minimum absolute atomic E-state index is 0.0793. The summed E-state index contributed by atoms with van der Waals surface area (Å²) in [7, 11) is 0. The molecule has 0 aliphatic rings. The molecule has 1 rings (SSSR count). The molecule has 106 valence electrons. The van der Waals surface area contributed by atoms with Crippen molar-refractivity contribution in [1.82, 2.24) is 5.32 Å². The van der Waals surface area contributed by atoms with E-state index in [0.29, 0.717) is 12.4 Å². The fourth-order valence-electron chi connectivity index (χ4n) is 1.31. The van der Waals surface area contributed by atoms with Crippen LogP contribution >= 0.6 is 0 Å². The Balaban J connectivity index is 2.33. The van der Waals surface area contributed by atoms with Crippen LogP contribution in [0.5, 0.6) is 11.5 Å². The first-order chi connectivity index (χ1) is 8.90. The molecule has 1 amide bonds. The van der Waals surface area contributed by atoms with Gasteiger partial charge in [0, 0.05) is 6.54 Å². The highest BCUT2D eigenvalue weighted by molar-refractivity contribution is 5.77. The Morgan fingerprint density at radius 3 is 2.21 bits per heavy atom. The highest BCUT2D eigenvalue weighted by Crippen LogP contribution is 2.17. The normalized spacial score (nSPS) is 10.9. The standard InChI is InChI=1S/C14H21NO4/c1-4-18-11-5-7-12(8-6-11)19-9-13(16)15-10-14(2,3)17/h5-8,17H,4,9-10H2,1-3H3,(H,15,16). The smallest absolute Gasteiger partial charge is 0.258 e. The molecule has 0 fully saturated rings. The van der Waals surface area contributed by atoms with E-state index in [0.717, 1.165) is 5.75 Å². The molecular weight excluding hydrogens is 246 g/mol. The van der Waals surface area contributed by atoms with Crippen molar-refractivity contribution < 1.29 is 19.4 Å². The Morgan fingerprint density at radius 1 is 1.21 bits per heavy atom. The zero-order chi connectivity index (χ0) is 14.3. The van der Waals surface area contributed by atoms with Crippen molar-refractivity contribution in [3.05, 3.63) is 24.3 Å². The van der Waals surface area contributed by atoms with E-state index in [-0.39, 0.29) is 19.1 Å². The third kappa shape index (κ3) is 6.67. The van der Waals surface area contributed by atoms with Gasteiger partial charge < -0.3 is 19.9 Å². The lowest BCUT2D eigenvalue weighted by Gasteiger charge is -2.17. The molecule has 1 aromatic carbocycles. The molecule has 5 nitrogen and oxygen atoms in total. The molecule has 0 spiro atoms. The summed E-state index contributed by atoms with van der Waals surface area (Å²) < 4.78 is 10.6. The number of nitrogens with one attached hydrogen (secondary N) is 1. The summed E-state index contributed by atoms with van der Waals surface area (Å²) in [6.07, 6.45) is 0. The number of benzene rings is 1. The third-order valence-electron chi connectivity index (χ3n) is 2.22. The fourth-order valence-corrected chi connectivity index (χ4v) is 1.31. The maximum atomic E-state index is 11.5. The van der Waals surface area contributed by atoms with E-state index in [2.05, 4.69) is 5.32 Å². The lowest BCUT2D eigenvalue weighted by Crippen LogP contribution is -2.40. The van der Waals surface area contributed by atoms with E-state index in [4.69, 9.17) is 9.47 Å². The Hall–Kier alpha value is -1.75. The van der Waals surface area contributed by atoms with E-state index in [9.17, 15) is 9.90 Å². The van der Waals surface area contributed by atoms with Gasteiger partial charge in [-0.3, -0.25) is 4.79 Å². The van der Waals surface area contributed by atoms with Gasteiger partial charge in [-0.1, -0.05) is 0 Å². The minimum atomic E-state index is -0.922. The van der Waals surface area contributed by atoms with Gasteiger partial charge in [-0.15, -0.1) is 0 Å². The zero-order valence-electron chi connectivity index (χ0n) is 11.6. The quantitative estimate of drug-likeness (QED) is 0.782. The largest absolute Gasteiger partial charge is 0.494 e. The van der Waals surface area contributed by atoms with Crippen LogP contribution in [-0.4, -0.2) is 36.4 Å². The summed E-state index contributed by atoms with van der Waals surface area (Å²) in [4.78, 5) is 11.5. The maximum Gasteiger partial charge on any atom is 0.258 e. The Labute approximate surface area is 113 Å². The highest BCUT2D eigenvalue weighted by atomic mass is 16.5. The zero-order valence-corrected chi connectivity index (χ0v) is 11.6. The first-order valence-corrected chi connectivity index (χ1v) is 6.25. The molecule has 5 heteroatoms. The van der Waals surface area contributed by atoms with Crippen molar-refractivity contribution in [2.45, 2.75) is 26.4 Å². The predicted octanol–water partition coefficient (Wildman–Crippen LogP) is 1.35. The van der Waals surface area contributed by atoms with Crippen molar-refractivity contribution in [2.75, 3.05) is 19.8 Å². The van der Waals surface area contributed by atoms with Crippen LogP contribution in [0.4, 0.5) is 0 Å². The number of rotatable bonds is 7. The van der Waals surface area contributed by atoms with Crippen molar-refractivity contribution in [3.8, 4) is 11.5 Å². The SMILES string of the molecule is CCOc1ccc(OCC(=O)NCC(C)(C)O)cc1. The van der Waals surface area contributed by atoms with Crippen LogP contribution in [0.25, 0.3) is 0 Å². The maximum absolute atomic E-state index is 11.5. The topological polar surface area (TPSA) is 67.8 Å². The van der Waals surface area contributed by atoms with Crippen molar-refractivity contribution in [1.29, 1.82) is 0 Å². The second-order valence-electron chi connectivity index (χ2n) is 4.78. The Morgan fingerprint density at radius 2 is 1.74 bits per heavy atom. The number of carbonyl (C=O) groups is 1. The van der Waals surface area contributed by atoms with Crippen molar-refractivity contribution >= 4 is 5.91 Å². The second kappa shape index (κ2) is 6.99. The molecule has 0 aromatic heterocycles. The van der Waals surface area contributed by atoms with E-state index in [1.807, 2.05) is 6.92 Å². The summed E-state index contributed by atoms with van der Waals surface area (Å²) in [5, 5.41) is 12.0. The molecule has 0 aliphatic carbocycles. The summed E-state index contributed by atoms with van der Waals surface area (Å²) in [6, 6.07) is 7.06. The first kappa shape index (κ1) is 15.3. The monoisotopic (exact) mass is 267 g/mol. The van der Waals surface area contributed by atoms with E-state index < -0.39 is 5.60 Å². The highest BCUT2D eigenvalue weighted by Gasteiger charge is 2.13. The van der Waals surface area contributed by atoms with Crippen molar-refractivity contribution in [3.63, 3.8) is 0 Å². The van der Waals surface area contributed by atoms with Crippen LogP contribution < -0.4 is 14.8 Å². The molecule has 2 N–H and O–H groups in total. The minimum Gasteiger partial charge on any atom is -0.494 e. The summed E-state index contributed by atoms with van der Waals surface area (Å²) in [6.45, 7) is 5.89. The van der Waals surface area contributed by atoms with E-state index in [1.165, 1.54) is 0 Å². The van der Waals surface area contributed by atoms with E-state index >= 15 is 0 Å². The molecule has 0 saturated heterocycles. The van der Waals surface area contributed by atoms with Crippen LogP contribution in [0, 0.1) is 0 Å². The number of hydrogen-bond acceptors (Lipinski definition) is 4. The molecular formula is C14H21NO4. The van der Waals surface area contributed by atoms with Crippen molar-refractivity contribution in [2.24, 2.45) is 0 Å². The Bertz CT molecular complexity index is 395. The average molecular weight is 267 g/mol. The van der Waals surface area contributed by atoms with Crippen LogP contribution in [0.1, 0.15) is 20.8 Å². The number of ether oxygens (including phenoxy) is 2. The lowest BCUT2D eigenvalue weighted by molar-refractivity contribution is -0.124. The van der Waals surface area contributed by atoms with Gasteiger partial charge in [0.05, 0.1) is 12.2 Å². The summed E-state index contributed by atoms with van der Waals surface area (Å²) >= 11 is 0. The van der Waals surface area contributed by atoms with Gasteiger partial charge in [-0.05, 0) is 45.0 Å². The van der Waals surface area contributed by atoms with Gasteiger partial charge in [-0.25, -0.2) is 0 Å². The van der Waals surface area contributed by atoms with Crippen LogP contribution in [0.2, 0.25) is 0 Å². The average Bonchev–Trinajstić information content (AvgIpc) is 2.35. The molecule has 0 bridgehead atoms. The molecule has 0 unspecified atom stereocenters. The molecule has 0 radical (unpaired) electrons. The molecule has 19 heavy (non-hydrogen) atoms. The number of carbonyl (C=O) groups excluding carboxylic acids is 1. The molecule has 0 heterocycles. The fraction of sp³-hybridized carbons (Fsp3) is 0.500. The Kier molecular flexibility index (Phi) is 5.63. The summed E-state index contributed by atoms with van der Waals surface area (Å²) in [5.41, 5.74) is -0.922. The van der Waals surface area contributed by atoms with Crippen LogP contribution in [0.15, 0.2) is 24.3 Å². The number of amides is 1. The van der Waals surface area contributed by atoms with Gasteiger partial charge in [0.2, 0.25) is 0 Å². The first-order valence-electron chi connectivity index (χ1n) is 6.25. The van der Waals surface area contributed by atoms with E-state index in [1.54, 1.807) is 38.1 Å². The summed E-state index contributed by atoms with van der Waals surface area (Å²) in [5.74, 6) is 1.10. The third-order valence-corrected chi connectivity index (χ3v) is 2.22. The second-order valence-corrected chi connectivity index (χ2v) is 4.78. The number of aliphatic hydroxyl groups is 1. The van der Waals surface area contributed by atoms with Gasteiger partial charge in [0.15, 0.2) is 6.61 Å². The van der Waals surface area contributed by atoms with Gasteiger partial charge in [0.25, 0.3) is 5.91 Å². The molecule has 0 atom stereocenters. The van der Waals surface area contributed by atoms with Crippen LogP contribution in [-0.2, 0) is 4.79 Å². The number of hydrogen-bond donors (Lipinski definition) is 2. The van der Waals surface area contributed by atoms with Crippen LogP contribution in [0.3, 0.4) is 0 Å². The van der Waals surface area contributed by atoms with Gasteiger partial charge >= 0.3 is 0 Å². The molecule has 0 saturated carbocycles. The van der Waals surface area contributed by atoms with Gasteiger partial charge in [-0.2, -0.15) is 0 Å². The van der Waals surface area contributed by atoms with Gasteiger partial charge in [0.1, 0.15) is 11.5 Å².